The quantitative estimate of drug-likeness (QED) is 0.818. The minimum atomic E-state index is 0.339. The van der Waals surface area contributed by atoms with E-state index in [4.69, 9.17) is 4.74 Å². The van der Waals surface area contributed by atoms with Gasteiger partial charge < -0.3 is 4.74 Å². The molecule has 0 unspecified atom stereocenters. The van der Waals surface area contributed by atoms with Crippen LogP contribution in [0.15, 0.2) is 12.4 Å². The van der Waals surface area contributed by atoms with Crippen LogP contribution in [0.1, 0.15) is 45.0 Å². The molecule has 0 amide bonds. The van der Waals surface area contributed by atoms with Gasteiger partial charge in [0.1, 0.15) is 5.82 Å². The van der Waals surface area contributed by atoms with Crippen molar-refractivity contribution in [2.45, 2.75) is 58.8 Å². The van der Waals surface area contributed by atoms with Gasteiger partial charge in [-0.3, -0.25) is 4.90 Å². The SMILES string of the molecule is CCc1ncc(CN2CCC(OC(C)C)CC2)cn1. The van der Waals surface area contributed by atoms with Crippen molar-refractivity contribution < 1.29 is 4.74 Å². The van der Waals surface area contributed by atoms with Crippen molar-refractivity contribution in [1.82, 2.24) is 14.9 Å². The summed E-state index contributed by atoms with van der Waals surface area (Å²) in [5.74, 6) is 0.924. The highest BCUT2D eigenvalue weighted by Crippen LogP contribution is 2.17. The van der Waals surface area contributed by atoms with Gasteiger partial charge in [0.2, 0.25) is 0 Å². The summed E-state index contributed by atoms with van der Waals surface area (Å²) in [6.45, 7) is 9.46. The molecule has 1 aromatic rings. The Kier molecular flexibility index (Phi) is 5.28. The Balaban J connectivity index is 1.78. The summed E-state index contributed by atoms with van der Waals surface area (Å²) in [4.78, 5) is 11.2. The molecule has 0 saturated carbocycles. The second-order valence-electron chi connectivity index (χ2n) is 5.52. The molecule has 0 N–H and O–H groups in total. The molecule has 0 aliphatic carbocycles. The molecule has 2 heterocycles. The smallest absolute Gasteiger partial charge is 0.127 e. The fourth-order valence-corrected chi connectivity index (χ4v) is 2.49. The average Bonchev–Trinajstić information content (AvgIpc) is 2.41. The molecular formula is C15H25N3O. The minimum absolute atomic E-state index is 0.339. The second kappa shape index (κ2) is 6.96. The Hall–Kier alpha value is -1.00. The number of hydrogen-bond donors (Lipinski definition) is 0. The van der Waals surface area contributed by atoms with Gasteiger partial charge in [-0.25, -0.2) is 9.97 Å². The predicted octanol–water partition coefficient (Wildman–Crippen LogP) is 2.43. The van der Waals surface area contributed by atoms with Crippen LogP contribution < -0.4 is 0 Å². The summed E-state index contributed by atoms with van der Waals surface area (Å²) in [6.07, 6.45) is 7.86. The van der Waals surface area contributed by atoms with Crippen LogP contribution in [0.25, 0.3) is 0 Å². The lowest BCUT2D eigenvalue weighted by Crippen LogP contribution is -2.37. The lowest BCUT2D eigenvalue weighted by atomic mass is 10.1. The van der Waals surface area contributed by atoms with Crippen LogP contribution in [0, 0.1) is 0 Å². The first kappa shape index (κ1) is 14.4. The maximum Gasteiger partial charge on any atom is 0.127 e. The number of ether oxygens (including phenoxy) is 1. The zero-order chi connectivity index (χ0) is 13.7. The van der Waals surface area contributed by atoms with Crippen molar-refractivity contribution in [3.8, 4) is 0 Å². The van der Waals surface area contributed by atoms with E-state index in [9.17, 15) is 0 Å². The molecule has 1 saturated heterocycles. The van der Waals surface area contributed by atoms with Crippen LogP contribution in [0.2, 0.25) is 0 Å². The van der Waals surface area contributed by atoms with Gasteiger partial charge in [0, 0.05) is 44.0 Å². The molecule has 19 heavy (non-hydrogen) atoms. The molecule has 4 nitrogen and oxygen atoms in total. The maximum absolute atomic E-state index is 5.87. The highest BCUT2D eigenvalue weighted by atomic mass is 16.5. The van der Waals surface area contributed by atoms with Crippen molar-refractivity contribution in [3.05, 3.63) is 23.8 Å². The summed E-state index contributed by atoms with van der Waals surface area (Å²) in [5, 5.41) is 0. The van der Waals surface area contributed by atoms with Gasteiger partial charge >= 0.3 is 0 Å². The molecule has 0 aromatic carbocycles. The lowest BCUT2D eigenvalue weighted by Gasteiger charge is -2.32. The highest BCUT2D eigenvalue weighted by Gasteiger charge is 2.20. The van der Waals surface area contributed by atoms with Crippen LogP contribution in [-0.2, 0) is 17.7 Å². The molecular weight excluding hydrogens is 238 g/mol. The summed E-state index contributed by atoms with van der Waals surface area (Å²) >= 11 is 0. The van der Waals surface area contributed by atoms with Crippen LogP contribution in [0.3, 0.4) is 0 Å². The zero-order valence-corrected chi connectivity index (χ0v) is 12.3. The average molecular weight is 263 g/mol. The molecule has 4 heteroatoms. The van der Waals surface area contributed by atoms with Gasteiger partial charge in [0.15, 0.2) is 0 Å². The van der Waals surface area contributed by atoms with Crippen molar-refractivity contribution in [3.63, 3.8) is 0 Å². The van der Waals surface area contributed by atoms with Gasteiger partial charge in [0.05, 0.1) is 12.2 Å². The first-order valence-corrected chi connectivity index (χ1v) is 7.35. The molecule has 0 spiro atoms. The topological polar surface area (TPSA) is 38.2 Å². The van der Waals surface area contributed by atoms with E-state index >= 15 is 0 Å². The normalized spacial score (nSPS) is 18.1. The van der Waals surface area contributed by atoms with Crippen molar-refractivity contribution in [2.24, 2.45) is 0 Å². The molecule has 1 aromatic heterocycles. The fourth-order valence-electron chi connectivity index (χ4n) is 2.49. The summed E-state index contributed by atoms with van der Waals surface area (Å²) in [7, 11) is 0. The molecule has 1 fully saturated rings. The Morgan fingerprint density at radius 1 is 1.26 bits per heavy atom. The summed E-state index contributed by atoms with van der Waals surface area (Å²) < 4.78 is 5.87. The fraction of sp³-hybridized carbons (Fsp3) is 0.733. The first-order valence-electron chi connectivity index (χ1n) is 7.35. The molecule has 0 atom stereocenters. The number of hydrogen-bond acceptors (Lipinski definition) is 4. The minimum Gasteiger partial charge on any atom is -0.375 e. The standard InChI is InChI=1S/C15H25N3O/c1-4-15-16-9-13(10-17-15)11-18-7-5-14(6-8-18)19-12(2)3/h9-10,12,14H,4-8,11H2,1-3H3. The molecule has 1 aliphatic rings. The van der Waals surface area contributed by atoms with E-state index in [-0.39, 0.29) is 0 Å². The Labute approximate surface area is 116 Å². The van der Waals surface area contributed by atoms with Gasteiger partial charge in [0.25, 0.3) is 0 Å². The van der Waals surface area contributed by atoms with Gasteiger partial charge in [-0.05, 0) is 26.7 Å². The van der Waals surface area contributed by atoms with E-state index < -0.39 is 0 Å². The lowest BCUT2D eigenvalue weighted by molar-refractivity contribution is -0.0279. The molecule has 2 rings (SSSR count). The number of aryl methyl sites for hydroxylation is 1. The van der Waals surface area contributed by atoms with Crippen molar-refractivity contribution in [2.75, 3.05) is 13.1 Å². The van der Waals surface area contributed by atoms with Crippen LogP contribution in [0.5, 0.6) is 0 Å². The van der Waals surface area contributed by atoms with E-state index in [0.717, 1.165) is 44.7 Å². The van der Waals surface area contributed by atoms with Crippen molar-refractivity contribution >= 4 is 0 Å². The van der Waals surface area contributed by atoms with E-state index in [1.54, 1.807) is 0 Å². The summed E-state index contributed by atoms with van der Waals surface area (Å²) in [6, 6.07) is 0. The predicted molar refractivity (Wildman–Crippen MR) is 75.9 cm³/mol. The third kappa shape index (κ3) is 4.55. The van der Waals surface area contributed by atoms with Crippen LogP contribution in [-0.4, -0.2) is 40.2 Å². The molecule has 0 bridgehead atoms. The van der Waals surface area contributed by atoms with E-state index in [1.165, 1.54) is 5.56 Å². The third-order valence-electron chi connectivity index (χ3n) is 3.48. The third-order valence-corrected chi connectivity index (χ3v) is 3.48. The maximum atomic E-state index is 5.87. The van der Waals surface area contributed by atoms with Crippen molar-refractivity contribution in [1.29, 1.82) is 0 Å². The second-order valence-corrected chi connectivity index (χ2v) is 5.52. The Morgan fingerprint density at radius 2 is 1.89 bits per heavy atom. The Morgan fingerprint density at radius 3 is 2.42 bits per heavy atom. The van der Waals surface area contributed by atoms with Gasteiger partial charge in [-0.2, -0.15) is 0 Å². The zero-order valence-electron chi connectivity index (χ0n) is 12.3. The first-order chi connectivity index (χ1) is 9.17. The Bertz CT molecular complexity index is 369. The van der Waals surface area contributed by atoms with Gasteiger partial charge in [-0.1, -0.05) is 6.92 Å². The molecule has 106 valence electrons. The van der Waals surface area contributed by atoms with Gasteiger partial charge in [-0.15, -0.1) is 0 Å². The summed E-state index contributed by atoms with van der Waals surface area (Å²) in [5.41, 5.74) is 1.21. The number of nitrogens with zero attached hydrogens (tertiary/aromatic N) is 3. The highest BCUT2D eigenvalue weighted by molar-refractivity contribution is 5.05. The van der Waals surface area contributed by atoms with E-state index in [2.05, 4.69) is 35.6 Å². The number of aromatic nitrogens is 2. The largest absolute Gasteiger partial charge is 0.375 e. The number of likely N-dealkylation sites (tertiary alicyclic amines) is 1. The molecule has 0 radical (unpaired) electrons. The van der Waals surface area contributed by atoms with E-state index in [1.807, 2.05) is 12.4 Å². The van der Waals surface area contributed by atoms with Crippen LogP contribution in [0.4, 0.5) is 0 Å². The monoisotopic (exact) mass is 263 g/mol. The number of piperidine rings is 1. The molecule has 1 aliphatic heterocycles. The van der Waals surface area contributed by atoms with Crippen LogP contribution >= 0.6 is 0 Å². The number of rotatable bonds is 5. The van der Waals surface area contributed by atoms with E-state index in [0.29, 0.717) is 12.2 Å².